The summed E-state index contributed by atoms with van der Waals surface area (Å²) in [6.07, 6.45) is 5.38. The third-order valence-corrected chi connectivity index (χ3v) is 2.97. The molecule has 3 nitrogen and oxygen atoms in total. The third-order valence-electron chi connectivity index (χ3n) is 2.97. The molecule has 13 heavy (non-hydrogen) atoms. The van der Waals surface area contributed by atoms with E-state index in [1.807, 2.05) is 18.7 Å². The Morgan fingerprint density at radius 2 is 2.31 bits per heavy atom. The van der Waals surface area contributed by atoms with Crippen molar-refractivity contribution in [3.63, 3.8) is 0 Å². The topological polar surface area (TPSA) is 38.0 Å². The summed E-state index contributed by atoms with van der Waals surface area (Å²) in [5, 5.41) is 13.5. The highest BCUT2D eigenvalue weighted by Gasteiger charge is 2.42. The van der Waals surface area contributed by atoms with E-state index in [-0.39, 0.29) is 5.41 Å². The summed E-state index contributed by atoms with van der Waals surface area (Å²) in [4.78, 5) is 0. The van der Waals surface area contributed by atoms with Gasteiger partial charge in [0.05, 0.1) is 5.69 Å². The van der Waals surface area contributed by atoms with E-state index < -0.39 is 0 Å². The molecule has 1 aliphatic rings. The summed E-state index contributed by atoms with van der Waals surface area (Å²) in [6.45, 7) is 2.35. The van der Waals surface area contributed by atoms with Crippen molar-refractivity contribution < 1.29 is 5.11 Å². The van der Waals surface area contributed by atoms with Gasteiger partial charge < -0.3 is 5.11 Å². The van der Waals surface area contributed by atoms with Gasteiger partial charge in [0.2, 0.25) is 0 Å². The molecule has 2 rings (SSSR count). The molecule has 0 aromatic carbocycles. The van der Waals surface area contributed by atoms with Gasteiger partial charge in [-0.15, -0.1) is 0 Å². The van der Waals surface area contributed by atoms with Gasteiger partial charge in [-0.1, -0.05) is 0 Å². The molecule has 3 heteroatoms. The van der Waals surface area contributed by atoms with Gasteiger partial charge >= 0.3 is 0 Å². The smallest absolute Gasteiger partial charge is 0.0625 e. The van der Waals surface area contributed by atoms with Crippen LogP contribution >= 0.6 is 0 Å². The van der Waals surface area contributed by atoms with Crippen LogP contribution in [0.4, 0.5) is 0 Å². The number of aliphatic hydroxyl groups is 1. The number of hydrogen-bond donors (Lipinski definition) is 1. The van der Waals surface area contributed by atoms with Crippen LogP contribution in [0, 0.1) is 12.3 Å². The number of aromatic nitrogens is 2. The molecule has 1 aromatic rings. The molecule has 0 aliphatic heterocycles. The summed E-state index contributed by atoms with van der Waals surface area (Å²) in [7, 11) is 1.94. The molecule has 0 saturated heterocycles. The van der Waals surface area contributed by atoms with Crippen LogP contribution in [0.5, 0.6) is 0 Å². The van der Waals surface area contributed by atoms with Crippen LogP contribution in [0.2, 0.25) is 0 Å². The molecule has 1 aliphatic carbocycles. The normalized spacial score (nSPS) is 19.0. The molecule has 1 N–H and O–H groups in total. The molecule has 0 amide bonds. The molecule has 0 unspecified atom stereocenters. The Labute approximate surface area is 78.4 Å². The molecule has 1 fully saturated rings. The first-order valence-electron chi connectivity index (χ1n) is 4.75. The Morgan fingerprint density at radius 1 is 1.62 bits per heavy atom. The first-order valence-corrected chi connectivity index (χ1v) is 4.75. The second-order valence-electron chi connectivity index (χ2n) is 4.25. The third kappa shape index (κ3) is 1.61. The van der Waals surface area contributed by atoms with Crippen molar-refractivity contribution in [3.05, 3.63) is 17.5 Å². The zero-order valence-corrected chi connectivity index (χ0v) is 8.25. The maximum absolute atomic E-state index is 9.19. The lowest BCUT2D eigenvalue weighted by Crippen LogP contribution is -2.10. The van der Waals surface area contributed by atoms with Crippen LogP contribution in [0.3, 0.4) is 0 Å². The quantitative estimate of drug-likeness (QED) is 0.754. The van der Waals surface area contributed by atoms with Gasteiger partial charge in [0.25, 0.3) is 0 Å². The highest BCUT2D eigenvalue weighted by molar-refractivity contribution is 5.19. The van der Waals surface area contributed by atoms with Crippen molar-refractivity contribution in [2.45, 2.75) is 26.2 Å². The lowest BCUT2D eigenvalue weighted by Gasteiger charge is -2.09. The van der Waals surface area contributed by atoms with E-state index in [0.29, 0.717) is 6.61 Å². The maximum Gasteiger partial charge on any atom is 0.0625 e. The highest BCUT2D eigenvalue weighted by Crippen LogP contribution is 2.47. The van der Waals surface area contributed by atoms with Crippen LogP contribution < -0.4 is 0 Å². The van der Waals surface area contributed by atoms with E-state index in [9.17, 15) is 5.11 Å². The first kappa shape index (κ1) is 8.75. The Kier molecular flexibility index (Phi) is 1.91. The first-order chi connectivity index (χ1) is 6.15. The van der Waals surface area contributed by atoms with E-state index in [2.05, 4.69) is 11.3 Å². The van der Waals surface area contributed by atoms with Crippen molar-refractivity contribution >= 4 is 0 Å². The van der Waals surface area contributed by atoms with Gasteiger partial charge in [-0.2, -0.15) is 5.10 Å². The van der Waals surface area contributed by atoms with E-state index in [0.717, 1.165) is 25.0 Å². The van der Waals surface area contributed by atoms with Crippen LogP contribution in [0.1, 0.15) is 24.1 Å². The average molecular weight is 180 g/mol. The fourth-order valence-electron chi connectivity index (χ4n) is 1.79. The summed E-state index contributed by atoms with van der Waals surface area (Å²) in [6, 6.07) is 0. The molecule has 1 aromatic heterocycles. The SMILES string of the molecule is Cc1nn(C)cc1CC1(CO)CC1. The van der Waals surface area contributed by atoms with Crippen molar-refractivity contribution in [2.75, 3.05) is 6.61 Å². The van der Waals surface area contributed by atoms with Gasteiger partial charge in [0, 0.05) is 19.9 Å². The largest absolute Gasteiger partial charge is 0.396 e. The molecule has 72 valence electrons. The summed E-state index contributed by atoms with van der Waals surface area (Å²) >= 11 is 0. The molecule has 0 atom stereocenters. The zero-order chi connectivity index (χ0) is 9.47. The van der Waals surface area contributed by atoms with Gasteiger partial charge in [-0.05, 0) is 37.2 Å². The summed E-state index contributed by atoms with van der Waals surface area (Å²) in [5.41, 5.74) is 2.59. The molecular formula is C10H16N2O. The number of rotatable bonds is 3. The maximum atomic E-state index is 9.19. The van der Waals surface area contributed by atoms with E-state index in [1.165, 1.54) is 5.56 Å². The van der Waals surface area contributed by atoms with Crippen LogP contribution in [0.15, 0.2) is 6.20 Å². The summed E-state index contributed by atoms with van der Waals surface area (Å²) < 4.78 is 1.85. The molecule has 1 saturated carbocycles. The van der Waals surface area contributed by atoms with Gasteiger partial charge in [-0.25, -0.2) is 0 Å². The number of aryl methyl sites for hydroxylation is 2. The minimum absolute atomic E-state index is 0.202. The second kappa shape index (κ2) is 2.84. The van der Waals surface area contributed by atoms with Crippen LogP contribution in [0.25, 0.3) is 0 Å². The molecule has 1 heterocycles. The summed E-state index contributed by atoms with van der Waals surface area (Å²) in [5.74, 6) is 0. The number of hydrogen-bond acceptors (Lipinski definition) is 2. The van der Waals surface area contributed by atoms with Crippen molar-refractivity contribution in [1.82, 2.24) is 9.78 Å². The van der Waals surface area contributed by atoms with Gasteiger partial charge in [0.15, 0.2) is 0 Å². The van der Waals surface area contributed by atoms with Crippen molar-refractivity contribution in [1.29, 1.82) is 0 Å². The van der Waals surface area contributed by atoms with Crippen molar-refractivity contribution in [2.24, 2.45) is 12.5 Å². The minimum Gasteiger partial charge on any atom is -0.396 e. The monoisotopic (exact) mass is 180 g/mol. The lowest BCUT2D eigenvalue weighted by atomic mass is 9.98. The van der Waals surface area contributed by atoms with Crippen LogP contribution in [-0.2, 0) is 13.5 Å². The zero-order valence-electron chi connectivity index (χ0n) is 8.25. The fraction of sp³-hybridized carbons (Fsp3) is 0.700. The van der Waals surface area contributed by atoms with Crippen LogP contribution in [-0.4, -0.2) is 21.5 Å². The molecule has 0 spiro atoms. The standard InChI is InChI=1S/C10H16N2O/c1-8-9(6-12(2)11-8)5-10(7-13)3-4-10/h6,13H,3-5,7H2,1-2H3. The number of nitrogens with zero attached hydrogens (tertiary/aromatic N) is 2. The van der Waals surface area contributed by atoms with Gasteiger partial charge in [0.1, 0.15) is 0 Å². The fourth-order valence-corrected chi connectivity index (χ4v) is 1.79. The molecular weight excluding hydrogens is 164 g/mol. The minimum atomic E-state index is 0.202. The van der Waals surface area contributed by atoms with E-state index in [4.69, 9.17) is 0 Å². The van der Waals surface area contributed by atoms with E-state index in [1.54, 1.807) is 0 Å². The van der Waals surface area contributed by atoms with E-state index >= 15 is 0 Å². The molecule has 0 bridgehead atoms. The van der Waals surface area contributed by atoms with Crippen molar-refractivity contribution in [3.8, 4) is 0 Å². The second-order valence-corrected chi connectivity index (χ2v) is 4.25. The van der Waals surface area contributed by atoms with Gasteiger partial charge in [-0.3, -0.25) is 4.68 Å². The Bertz CT molecular complexity index is 313. The predicted octanol–water partition coefficient (Wildman–Crippen LogP) is 1.04. The Morgan fingerprint density at radius 3 is 2.69 bits per heavy atom. The predicted molar refractivity (Wildman–Crippen MR) is 50.4 cm³/mol. The highest BCUT2D eigenvalue weighted by atomic mass is 16.3. The average Bonchev–Trinajstić information content (AvgIpc) is 2.77. The Balaban J connectivity index is 2.13. The Hall–Kier alpha value is -0.830. The lowest BCUT2D eigenvalue weighted by molar-refractivity contribution is 0.211. The molecule has 0 radical (unpaired) electrons. The number of aliphatic hydroxyl groups excluding tert-OH is 1.